The number of benzene rings is 2. The van der Waals surface area contributed by atoms with Crippen LogP contribution in [0.3, 0.4) is 0 Å². The Hall–Kier alpha value is -1.64. The van der Waals surface area contributed by atoms with E-state index in [2.05, 4.69) is 59.9 Å². The van der Waals surface area contributed by atoms with E-state index in [4.69, 9.17) is 4.74 Å². The fraction of sp³-hybridized carbons (Fsp3) is 0.333. The average Bonchev–Trinajstić information content (AvgIpc) is 2.91. The van der Waals surface area contributed by atoms with Gasteiger partial charge in [0.25, 0.3) is 0 Å². The third-order valence-corrected chi connectivity index (χ3v) is 4.07. The summed E-state index contributed by atoms with van der Waals surface area (Å²) >= 11 is 0. The fourth-order valence-corrected chi connectivity index (χ4v) is 3.07. The molecule has 2 atom stereocenters. The summed E-state index contributed by atoms with van der Waals surface area (Å²) < 4.78 is 5.39. The average molecular weight is 267 g/mol. The number of nitrogens with one attached hydrogen (secondary N) is 1. The number of aryl methyl sites for hydroxylation is 1. The zero-order valence-corrected chi connectivity index (χ0v) is 11.9. The predicted octanol–water partition coefficient (Wildman–Crippen LogP) is 3.65. The van der Waals surface area contributed by atoms with E-state index in [1.807, 2.05) is 0 Å². The molecule has 2 aromatic carbocycles. The third kappa shape index (κ3) is 2.77. The molecule has 0 bridgehead atoms. The largest absolute Gasteiger partial charge is 0.383 e. The Balaban J connectivity index is 1.78. The number of hydrogen-bond acceptors (Lipinski definition) is 2. The molecule has 0 saturated heterocycles. The smallest absolute Gasteiger partial charge is 0.0657 e. The molecule has 20 heavy (non-hydrogen) atoms. The van der Waals surface area contributed by atoms with Gasteiger partial charge in [-0.1, -0.05) is 54.6 Å². The van der Waals surface area contributed by atoms with Gasteiger partial charge in [0.05, 0.1) is 12.6 Å². The molecule has 2 heteroatoms. The number of hydrogen-bond donors (Lipinski definition) is 1. The SMILES string of the molecule is COCC(NC1CCc2ccccc21)c1ccccc1. The topological polar surface area (TPSA) is 21.3 Å². The van der Waals surface area contributed by atoms with Crippen molar-refractivity contribution in [1.82, 2.24) is 5.32 Å². The Morgan fingerprint density at radius 1 is 1.10 bits per heavy atom. The molecular formula is C18H21NO. The minimum Gasteiger partial charge on any atom is -0.383 e. The minimum atomic E-state index is 0.248. The Morgan fingerprint density at radius 3 is 2.65 bits per heavy atom. The van der Waals surface area contributed by atoms with Crippen molar-refractivity contribution >= 4 is 0 Å². The minimum absolute atomic E-state index is 0.248. The van der Waals surface area contributed by atoms with Gasteiger partial charge in [0.2, 0.25) is 0 Å². The normalized spacial score (nSPS) is 18.8. The zero-order chi connectivity index (χ0) is 13.8. The second kappa shape index (κ2) is 6.21. The van der Waals surface area contributed by atoms with Crippen LogP contribution in [0, 0.1) is 0 Å². The first kappa shape index (κ1) is 13.3. The quantitative estimate of drug-likeness (QED) is 0.893. The van der Waals surface area contributed by atoms with Crippen LogP contribution in [0.25, 0.3) is 0 Å². The van der Waals surface area contributed by atoms with Crippen LogP contribution >= 0.6 is 0 Å². The van der Waals surface area contributed by atoms with Gasteiger partial charge < -0.3 is 10.1 Å². The molecule has 0 spiro atoms. The van der Waals surface area contributed by atoms with Crippen molar-refractivity contribution in [3.63, 3.8) is 0 Å². The Morgan fingerprint density at radius 2 is 1.85 bits per heavy atom. The second-order valence-electron chi connectivity index (χ2n) is 5.38. The zero-order valence-electron chi connectivity index (χ0n) is 11.9. The van der Waals surface area contributed by atoms with E-state index in [1.165, 1.54) is 29.5 Å². The molecule has 2 nitrogen and oxygen atoms in total. The molecule has 0 amide bonds. The summed E-state index contributed by atoms with van der Waals surface area (Å²) in [5, 5.41) is 3.76. The lowest BCUT2D eigenvalue weighted by Gasteiger charge is -2.23. The molecule has 3 rings (SSSR count). The molecule has 1 aliphatic carbocycles. The van der Waals surface area contributed by atoms with E-state index >= 15 is 0 Å². The summed E-state index contributed by atoms with van der Waals surface area (Å²) in [6.07, 6.45) is 2.34. The highest BCUT2D eigenvalue weighted by Gasteiger charge is 2.24. The van der Waals surface area contributed by atoms with Crippen LogP contribution in [0.2, 0.25) is 0 Å². The molecule has 1 aliphatic rings. The van der Waals surface area contributed by atoms with Crippen molar-refractivity contribution < 1.29 is 4.74 Å². The summed E-state index contributed by atoms with van der Waals surface area (Å²) in [6.45, 7) is 0.697. The van der Waals surface area contributed by atoms with Gasteiger partial charge in [-0.05, 0) is 29.5 Å². The molecule has 2 aromatic rings. The Kier molecular flexibility index (Phi) is 4.14. The van der Waals surface area contributed by atoms with Gasteiger partial charge in [0.1, 0.15) is 0 Å². The monoisotopic (exact) mass is 267 g/mol. The maximum Gasteiger partial charge on any atom is 0.0657 e. The van der Waals surface area contributed by atoms with Gasteiger partial charge in [-0.3, -0.25) is 0 Å². The molecule has 0 fully saturated rings. The predicted molar refractivity (Wildman–Crippen MR) is 81.7 cm³/mol. The van der Waals surface area contributed by atoms with Gasteiger partial charge in [0, 0.05) is 13.2 Å². The van der Waals surface area contributed by atoms with Crippen molar-refractivity contribution in [1.29, 1.82) is 0 Å². The van der Waals surface area contributed by atoms with Crippen LogP contribution in [-0.4, -0.2) is 13.7 Å². The van der Waals surface area contributed by atoms with Crippen LogP contribution in [-0.2, 0) is 11.2 Å². The maximum absolute atomic E-state index is 5.39. The van der Waals surface area contributed by atoms with Gasteiger partial charge >= 0.3 is 0 Å². The molecule has 2 unspecified atom stereocenters. The van der Waals surface area contributed by atoms with Crippen LogP contribution in [0.15, 0.2) is 54.6 Å². The summed E-state index contributed by atoms with van der Waals surface area (Å²) in [5.74, 6) is 0. The molecular weight excluding hydrogens is 246 g/mol. The highest BCUT2D eigenvalue weighted by atomic mass is 16.5. The third-order valence-electron chi connectivity index (χ3n) is 4.07. The molecule has 104 valence electrons. The maximum atomic E-state index is 5.39. The standard InChI is InChI=1S/C18H21NO/c1-20-13-18(15-8-3-2-4-9-15)19-17-12-11-14-7-5-6-10-16(14)17/h2-10,17-19H,11-13H2,1H3. The van der Waals surface area contributed by atoms with Gasteiger partial charge in [-0.15, -0.1) is 0 Å². The van der Waals surface area contributed by atoms with E-state index in [9.17, 15) is 0 Å². The lowest BCUT2D eigenvalue weighted by Crippen LogP contribution is -2.28. The Labute approximate surface area is 120 Å². The van der Waals surface area contributed by atoms with Crippen molar-refractivity contribution in [3.05, 3.63) is 71.3 Å². The van der Waals surface area contributed by atoms with Gasteiger partial charge in [-0.2, -0.15) is 0 Å². The van der Waals surface area contributed by atoms with Crippen molar-refractivity contribution in [2.24, 2.45) is 0 Å². The molecule has 1 N–H and O–H groups in total. The number of methoxy groups -OCH3 is 1. The van der Waals surface area contributed by atoms with Crippen LogP contribution in [0.4, 0.5) is 0 Å². The van der Waals surface area contributed by atoms with Gasteiger partial charge in [-0.25, -0.2) is 0 Å². The van der Waals surface area contributed by atoms with E-state index < -0.39 is 0 Å². The van der Waals surface area contributed by atoms with Crippen molar-refractivity contribution in [2.45, 2.75) is 24.9 Å². The highest BCUT2D eigenvalue weighted by Crippen LogP contribution is 2.32. The fourth-order valence-electron chi connectivity index (χ4n) is 3.07. The summed E-state index contributed by atoms with van der Waals surface area (Å²) in [7, 11) is 1.76. The molecule has 0 heterocycles. The first-order chi connectivity index (χ1) is 9.88. The summed E-state index contributed by atoms with van der Waals surface area (Å²) in [6, 6.07) is 20.0. The van der Waals surface area contributed by atoms with E-state index in [0.29, 0.717) is 12.6 Å². The van der Waals surface area contributed by atoms with E-state index in [1.54, 1.807) is 7.11 Å². The first-order valence-electron chi connectivity index (χ1n) is 7.26. The Bertz CT molecular complexity index is 552. The van der Waals surface area contributed by atoms with Crippen LogP contribution in [0.1, 0.15) is 35.2 Å². The second-order valence-corrected chi connectivity index (χ2v) is 5.38. The van der Waals surface area contributed by atoms with Crippen LogP contribution in [0.5, 0.6) is 0 Å². The highest BCUT2D eigenvalue weighted by molar-refractivity contribution is 5.34. The summed E-state index contributed by atoms with van der Waals surface area (Å²) in [5.41, 5.74) is 4.22. The first-order valence-corrected chi connectivity index (χ1v) is 7.26. The van der Waals surface area contributed by atoms with Crippen LogP contribution < -0.4 is 5.32 Å². The van der Waals surface area contributed by atoms with Crippen molar-refractivity contribution in [3.8, 4) is 0 Å². The van der Waals surface area contributed by atoms with E-state index in [0.717, 1.165) is 0 Å². The molecule has 0 aliphatic heterocycles. The summed E-state index contributed by atoms with van der Waals surface area (Å²) in [4.78, 5) is 0. The van der Waals surface area contributed by atoms with E-state index in [-0.39, 0.29) is 6.04 Å². The number of ether oxygens (including phenoxy) is 1. The molecule has 0 saturated carbocycles. The number of rotatable bonds is 5. The molecule has 0 aromatic heterocycles. The molecule has 0 radical (unpaired) electrons. The lowest BCUT2D eigenvalue weighted by atomic mass is 10.0. The van der Waals surface area contributed by atoms with Gasteiger partial charge in [0.15, 0.2) is 0 Å². The lowest BCUT2D eigenvalue weighted by molar-refractivity contribution is 0.160. The van der Waals surface area contributed by atoms with Crippen molar-refractivity contribution in [2.75, 3.05) is 13.7 Å². The number of fused-ring (bicyclic) bond motifs is 1.